The van der Waals surface area contributed by atoms with Crippen molar-refractivity contribution in [3.05, 3.63) is 11.4 Å². The van der Waals surface area contributed by atoms with E-state index in [9.17, 15) is 8.42 Å². The van der Waals surface area contributed by atoms with E-state index in [-0.39, 0.29) is 6.04 Å². The SMILES string of the molecule is Cc1nn(C)c(C)c1S(=O)(=O)N1CCCCCC1CN. The van der Waals surface area contributed by atoms with Gasteiger partial charge in [0.15, 0.2) is 0 Å². The summed E-state index contributed by atoms with van der Waals surface area (Å²) in [5.41, 5.74) is 7.04. The average molecular weight is 300 g/mol. The summed E-state index contributed by atoms with van der Waals surface area (Å²) in [7, 11) is -1.75. The molecule has 0 amide bonds. The number of hydrogen-bond donors (Lipinski definition) is 1. The lowest BCUT2D eigenvalue weighted by atomic mass is 10.1. The van der Waals surface area contributed by atoms with Gasteiger partial charge in [-0.25, -0.2) is 8.42 Å². The van der Waals surface area contributed by atoms with Gasteiger partial charge in [-0.3, -0.25) is 4.68 Å². The largest absolute Gasteiger partial charge is 0.329 e. The molecular weight excluding hydrogens is 276 g/mol. The molecule has 20 heavy (non-hydrogen) atoms. The summed E-state index contributed by atoms with van der Waals surface area (Å²) in [5.74, 6) is 0. The Balaban J connectivity index is 2.47. The molecule has 2 rings (SSSR count). The van der Waals surface area contributed by atoms with Crippen LogP contribution in [0.1, 0.15) is 37.1 Å². The normalized spacial score (nSPS) is 21.9. The van der Waals surface area contributed by atoms with E-state index in [1.807, 2.05) is 0 Å². The molecule has 7 heteroatoms. The third kappa shape index (κ3) is 2.62. The van der Waals surface area contributed by atoms with E-state index in [0.29, 0.717) is 29.4 Å². The van der Waals surface area contributed by atoms with Crippen LogP contribution in [-0.2, 0) is 17.1 Å². The first-order valence-corrected chi connectivity index (χ1v) is 8.55. The molecule has 1 saturated heterocycles. The number of nitrogens with two attached hydrogens (primary N) is 1. The third-order valence-electron chi connectivity index (χ3n) is 4.10. The van der Waals surface area contributed by atoms with Crippen LogP contribution in [0.3, 0.4) is 0 Å². The van der Waals surface area contributed by atoms with E-state index in [4.69, 9.17) is 5.73 Å². The van der Waals surface area contributed by atoms with Gasteiger partial charge in [-0.15, -0.1) is 0 Å². The van der Waals surface area contributed by atoms with E-state index >= 15 is 0 Å². The number of rotatable bonds is 3. The summed E-state index contributed by atoms with van der Waals surface area (Å²) in [4.78, 5) is 0.348. The van der Waals surface area contributed by atoms with Crippen LogP contribution < -0.4 is 5.73 Å². The van der Waals surface area contributed by atoms with Crippen molar-refractivity contribution in [1.82, 2.24) is 14.1 Å². The number of nitrogens with zero attached hydrogens (tertiary/aromatic N) is 3. The predicted octanol–water partition coefficient (Wildman–Crippen LogP) is 0.929. The molecule has 1 aliphatic heterocycles. The molecule has 0 radical (unpaired) electrons. The van der Waals surface area contributed by atoms with E-state index in [2.05, 4.69) is 5.10 Å². The van der Waals surface area contributed by atoms with Crippen molar-refractivity contribution in [2.45, 2.75) is 50.5 Å². The van der Waals surface area contributed by atoms with Crippen LogP contribution >= 0.6 is 0 Å². The van der Waals surface area contributed by atoms with Crippen LogP contribution in [0.5, 0.6) is 0 Å². The van der Waals surface area contributed by atoms with Crippen molar-refractivity contribution in [1.29, 1.82) is 0 Å². The van der Waals surface area contributed by atoms with Crippen molar-refractivity contribution in [2.24, 2.45) is 12.8 Å². The van der Waals surface area contributed by atoms with Gasteiger partial charge in [0.25, 0.3) is 0 Å². The molecule has 0 spiro atoms. The minimum Gasteiger partial charge on any atom is -0.329 e. The summed E-state index contributed by atoms with van der Waals surface area (Å²) in [5, 5.41) is 4.23. The van der Waals surface area contributed by atoms with E-state index < -0.39 is 10.0 Å². The Bertz CT molecular complexity index is 579. The number of sulfonamides is 1. The number of aromatic nitrogens is 2. The van der Waals surface area contributed by atoms with Gasteiger partial charge in [0.1, 0.15) is 4.90 Å². The number of aryl methyl sites for hydroxylation is 2. The first kappa shape index (κ1) is 15.5. The maximum Gasteiger partial charge on any atom is 0.247 e. The Labute approximate surface area is 121 Å². The van der Waals surface area contributed by atoms with Crippen molar-refractivity contribution in [3.8, 4) is 0 Å². The summed E-state index contributed by atoms with van der Waals surface area (Å²) in [6.07, 6.45) is 3.84. The minimum atomic E-state index is -3.52. The Kier molecular flexibility index (Phi) is 4.51. The van der Waals surface area contributed by atoms with Gasteiger partial charge >= 0.3 is 0 Å². The molecule has 0 aromatic carbocycles. The van der Waals surface area contributed by atoms with E-state index in [1.165, 1.54) is 0 Å². The van der Waals surface area contributed by atoms with Crippen LogP contribution in [0.25, 0.3) is 0 Å². The molecule has 1 aliphatic rings. The van der Waals surface area contributed by atoms with Gasteiger partial charge in [-0.05, 0) is 26.7 Å². The fraction of sp³-hybridized carbons (Fsp3) is 0.769. The second-order valence-corrected chi connectivity index (χ2v) is 7.31. The minimum absolute atomic E-state index is 0.0958. The van der Waals surface area contributed by atoms with Gasteiger partial charge < -0.3 is 5.73 Å². The molecule has 0 saturated carbocycles. The molecule has 1 aromatic heterocycles. The van der Waals surface area contributed by atoms with Crippen molar-refractivity contribution >= 4 is 10.0 Å². The Morgan fingerprint density at radius 2 is 2.00 bits per heavy atom. The van der Waals surface area contributed by atoms with Crippen molar-refractivity contribution < 1.29 is 8.42 Å². The molecule has 6 nitrogen and oxygen atoms in total. The van der Waals surface area contributed by atoms with Gasteiger partial charge in [0, 0.05) is 26.2 Å². The molecule has 0 aliphatic carbocycles. The highest BCUT2D eigenvalue weighted by Crippen LogP contribution is 2.28. The van der Waals surface area contributed by atoms with Gasteiger partial charge in [0.2, 0.25) is 10.0 Å². The van der Waals surface area contributed by atoms with Crippen molar-refractivity contribution in [2.75, 3.05) is 13.1 Å². The molecule has 114 valence electrons. The van der Waals surface area contributed by atoms with Gasteiger partial charge in [-0.1, -0.05) is 12.8 Å². The van der Waals surface area contributed by atoms with Crippen LogP contribution in [0.2, 0.25) is 0 Å². The summed E-state index contributed by atoms with van der Waals surface area (Å²) < 4.78 is 29.2. The van der Waals surface area contributed by atoms with Crippen LogP contribution in [0, 0.1) is 13.8 Å². The average Bonchev–Trinajstić information content (AvgIpc) is 2.59. The van der Waals surface area contributed by atoms with Crippen LogP contribution in [-0.4, -0.2) is 41.6 Å². The smallest absolute Gasteiger partial charge is 0.247 e. The second kappa shape index (κ2) is 5.83. The first-order valence-electron chi connectivity index (χ1n) is 7.11. The van der Waals surface area contributed by atoms with Gasteiger partial charge in [0.05, 0.1) is 11.4 Å². The zero-order chi connectivity index (χ0) is 14.9. The van der Waals surface area contributed by atoms with Gasteiger partial charge in [-0.2, -0.15) is 9.40 Å². The zero-order valence-corrected chi connectivity index (χ0v) is 13.3. The maximum atomic E-state index is 13.0. The Morgan fingerprint density at radius 3 is 2.55 bits per heavy atom. The molecule has 2 heterocycles. The van der Waals surface area contributed by atoms with Crippen LogP contribution in [0.4, 0.5) is 0 Å². The van der Waals surface area contributed by atoms with Crippen molar-refractivity contribution in [3.63, 3.8) is 0 Å². The quantitative estimate of drug-likeness (QED) is 0.900. The second-order valence-electron chi connectivity index (χ2n) is 5.48. The summed E-state index contributed by atoms with van der Waals surface area (Å²) in [6.45, 7) is 4.47. The summed E-state index contributed by atoms with van der Waals surface area (Å²) >= 11 is 0. The molecule has 2 N–H and O–H groups in total. The lowest BCUT2D eigenvalue weighted by Gasteiger charge is -2.28. The fourth-order valence-electron chi connectivity index (χ4n) is 2.95. The molecule has 0 bridgehead atoms. The third-order valence-corrected chi connectivity index (χ3v) is 6.31. The number of hydrogen-bond acceptors (Lipinski definition) is 4. The standard InChI is InChI=1S/C13H24N4O2S/c1-10-13(11(2)16(3)15-10)20(18,19)17-8-6-4-5-7-12(17)9-14/h12H,4-9,14H2,1-3H3. The van der Waals surface area contributed by atoms with E-state index in [1.54, 1.807) is 29.9 Å². The monoisotopic (exact) mass is 300 g/mol. The lowest BCUT2D eigenvalue weighted by molar-refractivity contribution is 0.327. The molecule has 1 atom stereocenters. The molecule has 1 fully saturated rings. The molecular formula is C13H24N4O2S. The Hall–Kier alpha value is -0.920. The van der Waals surface area contributed by atoms with Crippen LogP contribution in [0.15, 0.2) is 4.90 Å². The Morgan fingerprint density at radius 1 is 1.30 bits per heavy atom. The highest BCUT2D eigenvalue weighted by Gasteiger charge is 2.35. The zero-order valence-electron chi connectivity index (χ0n) is 12.5. The fourth-order valence-corrected chi connectivity index (χ4v) is 5.06. The maximum absolute atomic E-state index is 13.0. The highest BCUT2D eigenvalue weighted by molar-refractivity contribution is 7.89. The summed E-state index contributed by atoms with van der Waals surface area (Å²) in [6, 6.07) is -0.0958. The lowest BCUT2D eigenvalue weighted by Crippen LogP contribution is -2.44. The highest BCUT2D eigenvalue weighted by atomic mass is 32.2. The molecule has 1 aromatic rings. The first-order chi connectivity index (χ1) is 9.39. The predicted molar refractivity (Wildman–Crippen MR) is 77.9 cm³/mol. The van der Waals surface area contributed by atoms with E-state index in [0.717, 1.165) is 25.7 Å². The topological polar surface area (TPSA) is 81.2 Å². The molecule has 1 unspecified atom stereocenters.